The van der Waals surface area contributed by atoms with E-state index >= 15 is 0 Å². The molecule has 0 atom stereocenters. The zero-order valence-electron chi connectivity index (χ0n) is 9.80. The molecule has 17 heavy (non-hydrogen) atoms. The molecule has 6 nitrogen and oxygen atoms in total. The van der Waals surface area contributed by atoms with Crippen molar-refractivity contribution < 1.29 is 9.21 Å². The van der Waals surface area contributed by atoms with Crippen molar-refractivity contribution in [1.29, 1.82) is 0 Å². The number of piperazine rings is 1. The molecule has 0 unspecified atom stereocenters. The monoisotopic (exact) mass is 236 g/mol. The fraction of sp³-hybridized carbons (Fsp3) is 0.455. The number of hydrogen-bond donors (Lipinski definition) is 1. The van der Waals surface area contributed by atoms with E-state index in [0.717, 1.165) is 0 Å². The Labute approximate surface area is 99.7 Å². The van der Waals surface area contributed by atoms with E-state index in [2.05, 4.69) is 4.99 Å². The lowest BCUT2D eigenvalue weighted by molar-refractivity contribution is 0.0659. The van der Waals surface area contributed by atoms with Crippen molar-refractivity contribution in [3.8, 4) is 0 Å². The molecule has 1 saturated heterocycles. The largest absolute Gasteiger partial charge is 0.459 e. The summed E-state index contributed by atoms with van der Waals surface area (Å²) in [4.78, 5) is 19.6. The molecular formula is C11H16N4O2. The summed E-state index contributed by atoms with van der Waals surface area (Å²) in [6.07, 6.45) is 1.51. The highest BCUT2D eigenvalue weighted by Gasteiger charge is 2.24. The minimum absolute atomic E-state index is 0.0679. The number of nitrogens with zero attached hydrogens (tertiary/aromatic N) is 3. The van der Waals surface area contributed by atoms with Gasteiger partial charge in [0.25, 0.3) is 5.91 Å². The van der Waals surface area contributed by atoms with Gasteiger partial charge >= 0.3 is 0 Å². The standard InChI is InChI=1S/C11H16N4O2/c1-13-11(12)15-6-4-14(5-7-15)10(16)9-3-2-8-17-9/h2-3,8H,4-7H2,1H3,(H2,12,13). The molecule has 2 heterocycles. The molecule has 0 bridgehead atoms. The predicted molar refractivity (Wildman–Crippen MR) is 63.7 cm³/mol. The van der Waals surface area contributed by atoms with Crippen molar-refractivity contribution in [2.75, 3.05) is 33.2 Å². The Morgan fingerprint density at radius 1 is 1.35 bits per heavy atom. The van der Waals surface area contributed by atoms with Crippen LogP contribution in [-0.4, -0.2) is 54.9 Å². The van der Waals surface area contributed by atoms with Gasteiger partial charge in [0.2, 0.25) is 0 Å². The first-order chi connectivity index (χ1) is 8.22. The number of carbonyl (C=O) groups is 1. The highest BCUT2D eigenvalue weighted by molar-refractivity contribution is 5.91. The molecule has 1 aliphatic rings. The van der Waals surface area contributed by atoms with Crippen LogP contribution >= 0.6 is 0 Å². The second kappa shape index (κ2) is 4.90. The van der Waals surface area contributed by atoms with Gasteiger partial charge in [-0.25, -0.2) is 0 Å². The number of nitrogens with two attached hydrogens (primary N) is 1. The van der Waals surface area contributed by atoms with E-state index in [0.29, 0.717) is 37.9 Å². The topological polar surface area (TPSA) is 75.1 Å². The van der Waals surface area contributed by atoms with Crippen LogP contribution in [0, 0.1) is 0 Å². The zero-order valence-corrected chi connectivity index (χ0v) is 9.80. The fourth-order valence-electron chi connectivity index (χ4n) is 1.84. The van der Waals surface area contributed by atoms with Crippen LogP contribution in [0.5, 0.6) is 0 Å². The van der Waals surface area contributed by atoms with E-state index < -0.39 is 0 Å². The van der Waals surface area contributed by atoms with Crippen molar-refractivity contribution in [3.05, 3.63) is 24.2 Å². The van der Waals surface area contributed by atoms with Crippen LogP contribution in [0.25, 0.3) is 0 Å². The molecule has 0 radical (unpaired) electrons. The number of aliphatic imine (C=N–C) groups is 1. The number of rotatable bonds is 1. The first kappa shape index (κ1) is 11.5. The summed E-state index contributed by atoms with van der Waals surface area (Å²) in [7, 11) is 1.66. The maximum atomic E-state index is 12.0. The normalized spacial score (nSPS) is 17.4. The van der Waals surface area contributed by atoms with Crippen molar-refractivity contribution in [2.45, 2.75) is 0 Å². The van der Waals surface area contributed by atoms with Gasteiger partial charge in [0, 0.05) is 33.2 Å². The van der Waals surface area contributed by atoms with E-state index in [1.807, 2.05) is 4.90 Å². The van der Waals surface area contributed by atoms with Gasteiger partial charge in [0.15, 0.2) is 11.7 Å². The lowest BCUT2D eigenvalue weighted by Crippen LogP contribution is -2.52. The zero-order chi connectivity index (χ0) is 12.3. The maximum Gasteiger partial charge on any atom is 0.289 e. The lowest BCUT2D eigenvalue weighted by atomic mass is 10.3. The summed E-state index contributed by atoms with van der Waals surface area (Å²) in [5.74, 6) is 0.840. The van der Waals surface area contributed by atoms with Crippen molar-refractivity contribution >= 4 is 11.9 Å². The molecule has 0 spiro atoms. The number of hydrogen-bond acceptors (Lipinski definition) is 3. The van der Waals surface area contributed by atoms with Crippen LogP contribution < -0.4 is 5.73 Å². The summed E-state index contributed by atoms with van der Waals surface area (Å²) in [6.45, 7) is 2.68. The molecule has 1 fully saturated rings. The molecule has 2 rings (SSSR count). The third-order valence-corrected chi connectivity index (χ3v) is 2.85. The molecule has 6 heteroatoms. The van der Waals surface area contributed by atoms with E-state index in [1.165, 1.54) is 6.26 Å². The van der Waals surface area contributed by atoms with Gasteiger partial charge < -0.3 is 20.0 Å². The first-order valence-electron chi connectivity index (χ1n) is 5.52. The van der Waals surface area contributed by atoms with Crippen LogP contribution in [0.3, 0.4) is 0 Å². The van der Waals surface area contributed by atoms with Gasteiger partial charge in [-0.05, 0) is 12.1 Å². The summed E-state index contributed by atoms with van der Waals surface area (Å²) in [5.41, 5.74) is 5.72. The smallest absolute Gasteiger partial charge is 0.289 e. The van der Waals surface area contributed by atoms with Crippen molar-refractivity contribution in [2.24, 2.45) is 10.7 Å². The molecule has 1 amide bonds. The molecule has 92 valence electrons. The van der Waals surface area contributed by atoms with E-state index in [-0.39, 0.29) is 5.91 Å². The minimum atomic E-state index is -0.0679. The van der Waals surface area contributed by atoms with Crippen molar-refractivity contribution in [3.63, 3.8) is 0 Å². The van der Waals surface area contributed by atoms with Gasteiger partial charge in [-0.3, -0.25) is 9.79 Å². The predicted octanol–water partition coefficient (Wildman–Crippen LogP) is -0.0181. The maximum absolute atomic E-state index is 12.0. The Hall–Kier alpha value is -1.98. The summed E-state index contributed by atoms with van der Waals surface area (Å²) in [5, 5.41) is 0. The summed E-state index contributed by atoms with van der Waals surface area (Å²) >= 11 is 0. The van der Waals surface area contributed by atoms with Crippen LogP contribution in [0.1, 0.15) is 10.6 Å². The Balaban J connectivity index is 1.93. The molecule has 2 N–H and O–H groups in total. The highest BCUT2D eigenvalue weighted by atomic mass is 16.3. The van der Waals surface area contributed by atoms with Crippen molar-refractivity contribution in [1.82, 2.24) is 9.80 Å². The third-order valence-electron chi connectivity index (χ3n) is 2.85. The van der Waals surface area contributed by atoms with Crippen LogP contribution in [0.2, 0.25) is 0 Å². The molecule has 0 aromatic carbocycles. The molecule has 0 aliphatic carbocycles. The fourth-order valence-corrected chi connectivity index (χ4v) is 1.84. The number of furan rings is 1. The Morgan fingerprint density at radius 3 is 2.53 bits per heavy atom. The van der Waals surface area contributed by atoms with Gasteiger partial charge in [-0.15, -0.1) is 0 Å². The van der Waals surface area contributed by atoms with Gasteiger partial charge in [-0.1, -0.05) is 0 Å². The highest BCUT2D eigenvalue weighted by Crippen LogP contribution is 2.09. The molecule has 1 aromatic heterocycles. The van der Waals surface area contributed by atoms with Crippen LogP contribution in [0.15, 0.2) is 27.8 Å². The number of amides is 1. The molecule has 1 aromatic rings. The van der Waals surface area contributed by atoms with E-state index in [4.69, 9.17) is 10.2 Å². The van der Waals surface area contributed by atoms with Gasteiger partial charge in [0.05, 0.1) is 6.26 Å². The van der Waals surface area contributed by atoms with E-state index in [1.54, 1.807) is 24.1 Å². The molecule has 1 aliphatic heterocycles. The van der Waals surface area contributed by atoms with Gasteiger partial charge in [-0.2, -0.15) is 0 Å². The van der Waals surface area contributed by atoms with Crippen LogP contribution in [0.4, 0.5) is 0 Å². The summed E-state index contributed by atoms with van der Waals surface area (Å²) in [6, 6.07) is 3.39. The third kappa shape index (κ3) is 2.41. The first-order valence-corrected chi connectivity index (χ1v) is 5.52. The molecular weight excluding hydrogens is 220 g/mol. The quantitative estimate of drug-likeness (QED) is 0.549. The van der Waals surface area contributed by atoms with Gasteiger partial charge in [0.1, 0.15) is 0 Å². The molecule has 0 saturated carbocycles. The number of guanidine groups is 1. The second-order valence-corrected chi connectivity index (χ2v) is 3.84. The average molecular weight is 236 g/mol. The minimum Gasteiger partial charge on any atom is -0.459 e. The Bertz CT molecular complexity index is 405. The summed E-state index contributed by atoms with van der Waals surface area (Å²) < 4.78 is 5.09. The number of carbonyl (C=O) groups excluding carboxylic acids is 1. The Kier molecular flexibility index (Phi) is 3.32. The lowest BCUT2D eigenvalue weighted by Gasteiger charge is -2.34. The average Bonchev–Trinajstić information content (AvgIpc) is 2.91. The SMILES string of the molecule is CN=C(N)N1CCN(C(=O)c2ccco2)CC1. The van der Waals surface area contributed by atoms with Crippen LogP contribution in [-0.2, 0) is 0 Å². The van der Waals surface area contributed by atoms with E-state index in [9.17, 15) is 4.79 Å². The Morgan fingerprint density at radius 2 is 2.00 bits per heavy atom. The second-order valence-electron chi connectivity index (χ2n) is 3.84.